The van der Waals surface area contributed by atoms with Crippen molar-refractivity contribution in [2.24, 2.45) is 5.92 Å². The van der Waals surface area contributed by atoms with Crippen LogP contribution in [0, 0.1) is 5.92 Å². The summed E-state index contributed by atoms with van der Waals surface area (Å²) in [6, 6.07) is 7.44. The molecule has 0 aromatic heterocycles. The number of ether oxygens (including phenoxy) is 1. The molecule has 0 aliphatic carbocycles. The van der Waals surface area contributed by atoms with Gasteiger partial charge in [-0.25, -0.2) is 0 Å². The lowest BCUT2D eigenvalue weighted by molar-refractivity contribution is 0.0737. The third-order valence-electron chi connectivity index (χ3n) is 2.82. The maximum absolute atomic E-state index is 12.3. The Labute approximate surface area is 110 Å². The highest BCUT2D eigenvalue weighted by molar-refractivity contribution is 9.09. The molecule has 4 heteroatoms. The standard InChI is InChI=1S/C13H16BrNO2/c1-10(8-14)9-15-6-7-17-12-5-3-2-4-11(12)13(15)16/h2-5,10H,6-9H2,1H3. The second-order valence-corrected chi connectivity index (χ2v) is 5.00. The van der Waals surface area contributed by atoms with Crippen molar-refractivity contribution in [2.75, 3.05) is 25.0 Å². The van der Waals surface area contributed by atoms with E-state index >= 15 is 0 Å². The smallest absolute Gasteiger partial charge is 0.257 e. The van der Waals surface area contributed by atoms with E-state index in [9.17, 15) is 4.79 Å². The molecule has 0 N–H and O–H groups in total. The van der Waals surface area contributed by atoms with E-state index in [1.807, 2.05) is 29.2 Å². The van der Waals surface area contributed by atoms with Crippen LogP contribution in [-0.4, -0.2) is 35.8 Å². The van der Waals surface area contributed by atoms with Gasteiger partial charge in [-0.2, -0.15) is 0 Å². The first-order valence-corrected chi connectivity index (χ1v) is 6.91. The zero-order valence-corrected chi connectivity index (χ0v) is 11.4. The van der Waals surface area contributed by atoms with Gasteiger partial charge in [0.25, 0.3) is 5.91 Å². The van der Waals surface area contributed by atoms with E-state index in [4.69, 9.17) is 4.74 Å². The zero-order valence-electron chi connectivity index (χ0n) is 9.86. The molecule has 1 unspecified atom stereocenters. The fourth-order valence-corrected chi connectivity index (χ4v) is 2.11. The lowest BCUT2D eigenvalue weighted by Gasteiger charge is -2.22. The largest absolute Gasteiger partial charge is 0.491 e. The number of para-hydroxylation sites is 1. The summed E-state index contributed by atoms with van der Waals surface area (Å²) in [7, 11) is 0. The molecule has 92 valence electrons. The number of alkyl halides is 1. The Kier molecular flexibility index (Phi) is 4.05. The molecule has 0 spiro atoms. The molecule has 2 rings (SSSR count). The highest BCUT2D eigenvalue weighted by Gasteiger charge is 2.23. The summed E-state index contributed by atoms with van der Waals surface area (Å²) in [4.78, 5) is 14.2. The Balaban J connectivity index is 2.20. The van der Waals surface area contributed by atoms with Crippen LogP contribution in [0.25, 0.3) is 0 Å². The minimum Gasteiger partial charge on any atom is -0.491 e. The predicted molar refractivity (Wildman–Crippen MR) is 70.8 cm³/mol. The van der Waals surface area contributed by atoms with E-state index in [-0.39, 0.29) is 5.91 Å². The molecule has 1 aromatic rings. The monoisotopic (exact) mass is 297 g/mol. The van der Waals surface area contributed by atoms with Gasteiger partial charge in [-0.3, -0.25) is 4.79 Å². The minimum atomic E-state index is 0.0749. The third-order valence-corrected chi connectivity index (χ3v) is 3.92. The van der Waals surface area contributed by atoms with E-state index in [2.05, 4.69) is 22.9 Å². The number of hydrogen-bond donors (Lipinski definition) is 0. The number of nitrogens with zero attached hydrogens (tertiary/aromatic N) is 1. The van der Waals surface area contributed by atoms with Gasteiger partial charge in [-0.1, -0.05) is 35.0 Å². The Morgan fingerprint density at radius 1 is 1.47 bits per heavy atom. The summed E-state index contributed by atoms with van der Waals surface area (Å²) in [6.45, 7) is 4.12. The summed E-state index contributed by atoms with van der Waals surface area (Å²) < 4.78 is 5.59. The van der Waals surface area contributed by atoms with Crippen molar-refractivity contribution in [1.29, 1.82) is 0 Å². The maximum Gasteiger partial charge on any atom is 0.257 e. The molecule has 0 fully saturated rings. The number of benzene rings is 1. The van der Waals surface area contributed by atoms with Crippen LogP contribution in [0.5, 0.6) is 5.75 Å². The van der Waals surface area contributed by atoms with Gasteiger partial charge in [0.1, 0.15) is 12.4 Å². The van der Waals surface area contributed by atoms with E-state index in [0.29, 0.717) is 30.4 Å². The van der Waals surface area contributed by atoms with Crippen LogP contribution in [-0.2, 0) is 0 Å². The number of fused-ring (bicyclic) bond motifs is 1. The number of carbonyl (C=O) groups is 1. The zero-order chi connectivity index (χ0) is 12.3. The number of amides is 1. The van der Waals surface area contributed by atoms with Crippen molar-refractivity contribution in [3.05, 3.63) is 29.8 Å². The van der Waals surface area contributed by atoms with E-state index in [1.165, 1.54) is 0 Å². The topological polar surface area (TPSA) is 29.5 Å². The fraction of sp³-hybridized carbons (Fsp3) is 0.462. The van der Waals surface area contributed by atoms with Crippen molar-refractivity contribution in [3.63, 3.8) is 0 Å². The quantitative estimate of drug-likeness (QED) is 0.803. The van der Waals surface area contributed by atoms with Crippen molar-refractivity contribution < 1.29 is 9.53 Å². The first-order valence-electron chi connectivity index (χ1n) is 5.79. The van der Waals surface area contributed by atoms with Crippen LogP contribution < -0.4 is 4.74 Å². The molecule has 3 nitrogen and oxygen atoms in total. The summed E-state index contributed by atoms with van der Waals surface area (Å²) in [5, 5.41) is 0.902. The third kappa shape index (κ3) is 2.80. The van der Waals surface area contributed by atoms with Gasteiger partial charge < -0.3 is 9.64 Å². The van der Waals surface area contributed by atoms with E-state index in [0.717, 1.165) is 11.9 Å². The summed E-state index contributed by atoms with van der Waals surface area (Å²) >= 11 is 3.44. The average molecular weight is 298 g/mol. The Morgan fingerprint density at radius 2 is 2.24 bits per heavy atom. The van der Waals surface area contributed by atoms with Gasteiger partial charge in [-0.15, -0.1) is 0 Å². The van der Waals surface area contributed by atoms with Gasteiger partial charge in [-0.05, 0) is 18.1 Å². The van der Waals surface area contributed by atoms with E-state index < -0.39 is 0 Å². The molecule has 0 saturated carbocycles. The van der Waals surface area contributed by atoms with Gasteiger partial charge in [0.05, 0.1) is 12.1 Å². The molecule has 1 amide bonds. The predicted octanol–water partition coefficient (Wildman–Crippen LogP) is 2.55. The average Bonchev–Trinajstić information content (AvgIpc) is 2.51. The van der Waals surface area contributed by atoms with Gasteiger partial charge in [0.2, 0.25) is 0 Å². The molecule has 1 aliphatic rings. The van der Waals surface area contributed by atoms with Crippen molar-refractivity contribution >= 4 is 21.8 Å². The van der Waals surface area contributed by atoms with Crippen molar-refractivity contribution in [3.8, 4) is 5.75 Å². The number of halogens is 1. The van der Waals surface area contributed by atoms with Gasteiger partial charge >= 0.3 is 0 Å². The van der Waals surface area contributed by atoms with Crippen LogP contribution in [0.1, 0.15) is 17.3 Å². The molecular weight excluding hydrogens is 282 g/mol. The minimum absolute atomic E-state index is 0.0749. The van der Waals surface area contributed by atoms with E-state index in [1.54, 1.807) is 0 Å². The molecule has 1 aromatic carbocycles. The first-order chi connectivity index (χ1) is 8.22. The fourth-order valence-electron chi connectivity index (χ4n) is 1.91. The molecule has 0 radical (unpaired) electrons. The van der Waals surface area contributed by atoms with Crippen LogP contribution in [0.15, 0.2) is 24.3 Å². The highest BCUT2D eigenvalue weighted by atomic mass is 79.9. The summed E-state index contributed by atoms with van der Waals surface area (Å²) in [5.74, 6) is 1.22. The lowest BCUT2D eigenvalue weighted by Crippen LogP contribution is -2.36. The molecule has 1 aliphatic heterocycles. The first kappa shape index (κ1) is 12.4. The van der Waals surface area contributed by atoms with Gasteiger partial charge in [0.15, 0.2) is 0 Å². The highest BCUT2D eigenvalue weighted by Crippen LogP contribution is 2.23. The Hall–Kier alpha value is -1.03. The van der Waals surface area contributed by atoms with Crippen molar-refractivity contribution in [2.45, 2.75) is 6.92 Å². The molecule has 0 bridgehead atoms. The normalized spacial score (nSPS) is 17.1. The second-order valence-electron chi connectivity index (χ2n) is 4.36. The number of carbonyl (C=O) groups excluding carboxylic acids is 1. The molecule has 0 saturated heterocycles. The second kappa shape index (κ2) is 5.54. The SMILES string of the molecule is CC(CBr)CN1CCOc2ccccc2C1=O. The van der Waals surface area contributed by atoms with Crippen LogP contribution in [0.2, 0.25) is 0 Å². The molecule has 1 heterocycles. The van der Waals surface area contributed by atoms with Crippen LogP contribution in [0.4, 0.5) is 0 Å². The Morgan fingerprint density at radius 3 is 3.00 bits per heavy atom. The Bertz CT molecular complexity index is 408. The van der Waals surface area contributed by atoms with Crippen molar-refractivity contribution in [1.82, 2.24) is 4.90 Å². The number of hydrogen-bond acceptors (Lipinski definition) is 2. The molecular formula is C13H16BrNO2. The van der Waals surface area contributed by atoms with Crippen LogP contribution >= 0.6 is 15.9 Å². The van der Waals surface area contributed by atoms with Crippen LogP contribution in [0.3, 0.4) is 0 Å². The maximum atomic E-state index is 12.3. The molecule has 1 atom stereocenters. The molecule has 17 heavy (non-hydrogen) atoms. The van der Waals surface area contributed by atoms with Gasteiger partial charge in [0, 0.05) is 11.9 Å². The summed E-state index contributed by atoms with van der Waals surface area (Å²) in [5.41, 5.74) is 0.673. The summed E-state index contributed by atoms with van der Waals surface area (Å²) in [6.07, 6.45) is 0. The number of rotatable bonds is 3. The lowest BCUT2D eigenvalue weighted by atomic mass is 10.1.